The lowest BCUT2D eigenvalue weighted by Gasteiger charge is -2.04. The quantitative estimate of drug-likeness (QED) is 0.903. The summed E-state index contributed by atoms with van der Waals surface area (Å²) >= 11 is 3.09. The molecule has 1 aromatic carbocycles. The molecule has 0 unspecified atom stereocenters. The molecule has 1 heterocycles. The van der Waals surface area contributed by atoms with Gasteiger partial charge in [0, 0.05) is 6.20 Å². The first-order chi connectivity index (χ1) is 7.66. The highest BCUT2D eigenvalue weighted by Gasteiger charge is 2.02. The molecule has 0 saturated heterocycles. The summed E-state index contributed by atoms with van der Waals surface area (Å²) in [5.74, 6) is 0. The van der Waals surface area contributed by atoms with Crippen LogP contribution in [0, 0.1) is 0 Å². The van der Waals surface area contributed by atoms with Gasteiger partial charge in [-0.1, -0.05) is 30.3 Å². The van der Waals surface area contributed by atoms with Crippen molar-refractivity contribution in [1.29, 1.82) is 0 Å². The number of nitrogens with zero attached hydrogens (tertiary/aromatic N) is 1. The van der Waals surface area contributed by atoms with E-state index in [9.17, 15) is 9.59 Å². The summed E-state index contributed by atoms with van der Waals surface area (Å²) in [6, 6.07) is 9.56. The van der Waals surface area contributed by atoms with Gasteiger partial charge < -0.3 is 0 Å². The fourth-order valence-electron chi connectivity index (χ4n) is 1.38. The fraction of sp³-hybridized carbons (Fsp3) is 0.0909. The molecular formula is C11H9BrN2O2. The molecule has 16 heavy (non-hydrogen) atoms. The Morgan fingerprint density at radius 1 is 1.19 bits per heavy atom. The zero-order valence-corrected chi connectivity index (χ0v) is 9.90. The van der Waals surface area contributed by atoms with E-state index in [4.69, 9.17) is 0 Å². The molecule has 1 N–H and O–H groups in total. The highest BCUT2D eigenvalue weighted by molar-refractivity contribution is 9.10. The maximum atomic E-state index is 11.5. The Balaban J connectivity index is 2.40. The van der Waals surface area contributed by atoms with Crippen LogP contribution in [0.3, 0.4) is 0 Å². The molecule has 0 atom stereocenters. The van der Waals surface area contributed by atoms with Crippen molar-refractivity contribution in [2.45, 2.75) is 6.54 Å². The van der Waals surface area contributed by atoms with Gasteiger partial charge in [0.2, 0.25) is 0 Å². The number of rotatable bonds is 2. The van der Waals surface area contributed by atoms with Crippen LogP contribution in [-0.4, -0.2) is 9.55 Å². The number of H-pyrrole nitrogens is 1. The highest BCUT2D eigenvalue weighted by Crippen LogP contribution is 2.02. The number of aromatic nitrogens is 2. The Morgan fingerprint density at radius 2 is 1.88 bits per heavy atom. The van der Waals surface area contributed by atoms with Crippen molar-refractivity contribution >= 4 is 15.9 Å². The molecule has 0 aliphatic rings. The van der Waals surface area contributed by atoms with Crippen LogP contribution in [0.25, 0.3) is 0 Å². The van der Waals surface area contributed by atoms with Gasteiger partial charge in [0.05, 0.1) is 11.0 Å². The van der Waals surface area contributed by atoms with Gasteiger partial charge in [0.15, 0.2) is 0 Å². The van der Waals surface area contributed by atoms with E-state index in [0.717, 1.165) is 5.56 Å². The largest absolute Gasteiger partial charge is 0.328 e. The molecule has 0 aliphatic heterocycles. The Bertz CT molecular complexity index is 601. The van der Waals surface area contributed by atoms with E-state index in [1.54, 1.807) is 0 Å². The van der Waals surface area contributed by atoms with Crippen molar-refractivity contribution in [1.82, 2.24) is 9.55 Å². The molecule has 0 saturated carbocycles. The van der Waals surface area contributed by atoms with Crippen molar-refractivity contribution in [2.24, 2.45) is 0 Å². The summed E-state index contributed by atoms with van der Waals surface area (Å²) < 4.78 is 1.80. The molecule has 1 aromatic heterocycles. The first kappa shape index (κ1) is 10.9. The van der Waals surface area contributed by atoms with Crippen LogP contribution in [0.5, 0.6) is 0 Å². The average molecular weight is 281 g/mol. The maximum absolute atomic E-state index is 11.5. The molecule has 2 aromatic rings. The van der Waals surface area contributed by atoms with E-state index in [-0.39, 0.29) is 0 Å². The minimum Gasteiger partial charge on any atom is -0.295 e. The Morgan fingerprint density at radius 3 is 2.56 bits per heavy atom. The van der Waals surface area contributed by atoms with Gasteiger partial charge in [-0.05, 0) is 21.5 Å². The van der Waals surface area contributed by atoms with Gasteiger partial charge in [-0.15, -0.1) is 0 Å². The normalized spacial score (nSPS) is 10.3. The summed E-state index contributed by atoms with van der Waals surface area (Å²) in [5.41, 5.74) is 0.190. The van der Waals surface area contributed by atoms with Crippen molar-refractivity contribution in [3.8, 4) is 0 Å². The van der Waals surface area contributed by atoms with Gasteiger partial charge in [0.1, 0.15) is 0 Å². The van der Waals surface area contributed by atoms with Crippen molar-refractivity contribution in [3.63, 3.8) is 0 Å². The molecule has 5 heteroatoms. The van der Waals surface area contributed by atoms with E-state index in [1.165, 1.54) is 10.8 Å². The Labute approximate surface area is 99.7 Å². The fourth-order valence-corrected chi connectivity index (χ4v) is 1.73. The summed E-state index contributed by atoms with van der Waals surface area (Å²) in [4.78, 5) is 24.8. The van der Waals surface area contributed by atoms with E-state index >= 15 is 0 Å². The van der Waals surface area contributed by atoms with Crippen molar-refractivity contribution in [2.75, 3.05) is 0 Å². The monoisotopic (exact) mass is 280 g/mol. The predicted octanol–water partition coefficient (Wildman–Crippen LogP) is 1.35. The lowest BCUT2D eigenvalue weighted by Crippen LogP contribution is -2.30. The number of nitrogens with one attached hydrogen (secondary N) is 1. The zero-order valence-electron chi connectivity index (χ0n) is 8.31. The van der Waals surface area contributed by atoms with E-state index in [1.807, 2.05) is 30.3 Å². The van der Waals surface area contributed by atoms with Crippen LogP contribution in [0.1, 0.15) is 5.56 Å². The lowest BCUT2D eigenvalue weighted by molar-refractivity contribution is 0.716. The molecule has 0 fully saturated rings. The molecule has 0 spiro atoms. The summed E-state index contributed by atoms with van der Waals surface area (Å²) in [6.45, 7) is 0.440. The van der Waals surface area contributed by atoms with Crippen LogP contribution in [0.4, 0.5) is 0 Å². The van der Waals surface area contributed by atoms with E-state index < -0.39 is 11.2 Å². The molecular weight excluding hydrogens is 272 g/mol. The summed E-state index contributed by atoms with van der Waals surface area (Å²) in [6.07, 6.45) is 1.49. The van der Waals surface area contributed by atoms with Gasteiger partial charge in [-0.3, -0.25) is 14.3 Å². The van der Waals surface area contributed by atoms with Gasteiger partial charge in [-0.25, -0.2) is 4.79 Å². The second-order valence-electron chi connectivity index (χ2n) is 3.35. The standard InChI is InChI=1S/C11H9BrN2O2/c12-9-7-14(11(16)13-10(9)15)6-8-4-2-1-3-5-8/h1-5,7H,6H2,(H,13,15,16). The summed E-state index contributed by atoms with van der Waals surface area (Å²) in [5, 5.41) is 0. The second kappa shape index (κ2) is 4.49. The Kier molecular flexibility index (Phi) is 3.05. The smallest absolute Gasteiger partial charge is 0.295 e. The molecule has 82 valence electrons. The molecule has 0 amide bonds. The molecule has 0 radical (unpaired) electrons. The number of hydrogen-bond acceptors (Lipinski definition) is 2. The van der Waals surface area contributed by atoms with Crippen molar-refractivity contribution < 1.29 is 0 Å². The second-order valence-corrected chi connectivity index (χ2v) is 4.20. The topological polar surface area (TPSA) is 54.9 Å². The zero-order chi connectivity index (χ0) is 11.5. The number of benzene rings is 1. The molecule has 0 bridgehead atoms. The third-order valence-electron chi connectivity index (χ3n) is 2.16. The molecule has 2 rings (SSSR count). The molecule has 0 aliphatic carbocycles. The van der Waals surface area contributed by atoms with Crippen LogP contribution in [-0.2, 0) is 6.54 Å². The van der Waals surface area contributed by atoms with Gasteiger partial charge in [-0.2, -0.15) is 0 Å². The third kappa shape index (κ3) is 2.30. The lowest BCUT2D eigenvalue weighted by atomic mass is 10.2. The highest BCUT2D eigenvalue weighted by atomic mass is 79.9. The molecule has 4 nitrogen and oxygen atoms in total. The first-order valence-corrected chi connectivity index (χ1v) is 5.49. The maximum Gasteiger partial charge on any atom is 0.328 e. The van der Waals surface area contributed by atoms with Crippen molar-refractivity contribution in [3.05, 3.63) is 67.4 Å². The van der Waals surface area contributed by atoms with E-state index in [2.05, 4.69) is 20.9 Å². The third-order valence-corrected chi connectivity index (χ3v) is 2.73. The predicted molar refractivity (Wildman–Crippen MR) is 64.6 cm³/mol. The SMILES string of the molecule is O=c1[nH]c(=O)n(Cc2ccccc2)cc1Br. The van der Waals surface area contributed by atoms with Crippen LogP contribution >= 0.6 is 15.9 Å². The van der Waals surface area contributed by atoms with Crippen LogP contribution < -0.4 is 11.2 Å². The Hall–Kier alpha value is -1.62. The number of aromatic amines is 1. The summed E-state index contributed by atoms with van der Waals surface area (Å²) in [7, 11) is 0. The minimum atomic E-state index is -0.408. The number of halogens is 1. The van der Waals surface area contributed by atoms with Gasteiger partial charge in [0.25, 0.3) is 5.56 Å². The van der Waals surface area contributed by atoms with E-state index in [0.29, 0.717) is 11.0 Å². The van der Waals surface area contributed by atoms with Gasteiger partial charge >= 0.3 is 5.69 Å². The van der Waals surface area contributed by atoms with Crippen LogP contribution in [0.2, 0.25) is 0 Å². The first-order valence-electron chi connectivity index (χ1n) is 4.70. The minimum absolute atomic E-state index is 0.350. The van der Waals surface area contributed by atoms with Crippen LogP contribution in [0.15, 0.2) is 50.6 Å². The number of hydrogen-bond donors (Lipinski definition) is 1. The average Bonchev–Trinajstić information content (AvgIpc) is 2.27.